The topological polar surface area (TPSA) is 0 Å². The zero-order valence-electron chi connectivity index (χ0n) is 13.7. The quantitative estimate of drug-likeness (QED) is 0.482. The summed E-state index contributed by atoms with van der Waals surface area (Å²) in [6.45, 7) is 21.3. The van der Waals surface area contributed by atoms with Gasteiger partial charge in [0.2, 0.25) is 0 Å². The molecule has 1 aliphatic heterocycles. The van der Waals surface area contributed by atoms with Gasteiger partial charge in [0.25, 0.3) is 0 Å². The third-order valence-corrected chi connectivity index (χ3v) is 27.3. The van der Waals surface area contributed by atoms with Crippen molar-refractivity contribution in [3.05, 3.63) is 11.1 Å². The van der Waals surface area contributed by atoms with Crippen LogP contribution in [-0.2, 0) is 0 Å². The first-order valence-electron chi connectivity index (χ1n) is 7.14. The third-order valence-electron chi connectivity index (χ3n) is 7.03. The second-order valence-corrected chi connectivity index (χ2v) is 22.8. The zero-order valence-corrected chi connectivity index (χ0v) is 16.5. The van der Waals surface area contributed by atoms with Crippen molar-refractivity contribution >= 4 is 31.8 Å². The van der Waals surface area contributed by atoms with Crippen LogP contribution >= 0.6 is 0 Å². The molecular formula is C14H30B2Sn. The van der Waals surface area contributed by atoms with Gasteiger partial charge in [-0.1, -0.05) is 0 Å². The Hall–Kier alpha value is 0.669. The molecule has 2 unspecified atom stereocenters. The minimum absolute atomic E-state index is 0.526. The normalized spacial score (nSPS) is 36.4. The van der Waals surface area contributed by atoms with Crippen LogP contribution in [0.4, 0.5) is 0 Å². The van der Waals surface area contributed by atoms with E-state index in [1.165, 1.54) is 0 Å². The first-order valence-corrected chi connectivity index (χ1v) is 15.7. The molecule has 0 nitrogen and oxygen atoms in total. The van der Waals surface area contributed by atoms with Gasteiger partial charge in [-0.15, -0.1) is 0 Å². The van der Waals surface area contributed by atoms with E-state index in [0.29, 0.717) is 6.66 Å². The first kappa shape index (κ1) is 15.7. The van der Waals surface area contributed by atoms with E-state index >= 15 is 0 Å². The van der Waals surface area contributed by atoms with Gasteiger partial charge >= 0.3 is 114 Å². The van der Waals surface area contributed by atoms with Crippen molar-refractivity contribution < 1.29 is 0 Å². The summed E-state index contributed by atoms with van der Waals surface area (Å²) >= 11 is -2.24. The van der Waals surface area contributed by atoms with Gasteiger partial charge in [0.15, 0.2) is 0 Å². The number of hydrogen-bond acceptors (Lipinski definition) is 0. The summed E-state index contributed by atoms with van der Waals surface area (Å²) in [5, 5.41) is 0. The van der Waals surface area contributed by atoms with Gasteiger partial charge in [0, 0.05) is 0 Å². The van der Waals surface area contributed by atoms with E-state index in [0.717, 1.165) is 13.4 Å². The van der Waals surface area contributed by atoms with Crippen LogP contribution < -0.4 is 0 Å². The molecule has 0 aromatic rings. The van der Waals surface area contributed by atoms with Gasteiger partial charge in [-0.2, -0.15) is 0 Å². The fraction of sp³-hybridized carbons (Fsp3) is 0.857. The molecule has 2 atom stereocenters. The van der Waals surface area contributed by atoms with Crippen LogP contribution in [0.3, 0.4) is 0 Å². The molecule has 1 heterocycles. The fourth-order valence-electron chi connectivity index (χ4n) is 4.57. The van der Waals surface area contributed by atoms with Crippen LogP contribution in [0.1, 0.15) is 27.7 Å². The average Bonchev–Trinajstić information content (AvgIpc) is 2.31. The molecule has 0 radical (unpaired) electrons. The monoisotopic (exact) mass is 340 g/mol. The molecule has 17 heavy (non-hydrogen) atoms. The van der Waals surface area contributed by atoms with Crippen molar-refractivity contribution in [1.29, 1.82) is 0 Å². The van der Waals surface area contributed by atoms with Crippen LogP contribution in [0, 0.1) is 0 Å². The number of hydrogen-bond donors (Lipinski definition) is 0. The van der Waals surface area contributed by atoms with Crippen LogP contribution in [-0.4, -0.2) is 31.8 Å². The molecule has 0 N–H and O–H groups in total. The van der Waals surface area contributed by atoms with Crippen molar-refractivity contribution in [1.82, 2.24) is 0 Å². The van der Waals surface area contributed by atoms with Gasteiger partial charge in [-0.05, 0) is 0 Å². The number of rotatable bonds is 2. The Bertz CT molecular complexity index is 325. The second-order valence-electron chi connectivity index (χ2n) is 7.59. The van der Waals surface area contributed by atoms with Gasteiger partial charge in [-0.3, -0.25) is 0 Å². The zero-order chi connectivity index (χ0) is 13.8. The minimum atomic E-state index is -2.24. The van der Waals surface area contributed by atoms with Gasteiger partial charge in [0.1, 0.15) is 0 Å². The van der Waals surface area contributed by atoms with Crippen molar-refractivity contribution in [3.8, 4) is 0 Å². The molecule has 0 saturated carbocycles. The summed E-state index contributed by atoms with van der Waals surface area (Å²) in [5.41, 5.74) is 3.45. The standard InChI is InChI=1S/C12H24B2.2CH3.Sn/c1-9(11(3)13(5)6)10(2)12(4)14(7)8;;;/h1-8H3;2*1H3;. The maximum atomic E-state index is 2.69. The Morgan fingerprint density at radius 1 is 0.765 bits per heavy atom. The molecule has 0 spiro atoms. The predicted molar refractivity (Wildman–Crippen MR) is 87.6 cm³/mol. The predicted octanol–water partition coefficient (Wildman–Crippen LogP) is 5.15. The Labute approximate surface area is 114 Å². The SMILES string of the molecule is CB(C)[C]1(C)C(C)=C(C)[C](C)(B(C)C)[Sn]1([CH3])[CH3]. The summed E-state index contributed by atoms with van der Waals surface area (Å²) in [6, 6.07) is 0. The summed E-state index contributed by atoms with van der Waals surface area (Å²) in [7, 11) is 0. The van der Waals surface area contributed by atoms with E-state index < -0.39 is 18.4 Å². The van der Waals surface area contributed by atoms with E-state index in [2.05, 4.69) is 64.9 Å². The summed E-state index contributed by atoms with van der Waals surface area (Å²) in [6.07, 6.45) is 0. The molecule has 1 aliphatic rings. The summed E-state index contributed by atoms with van der Waals surface area (Å²) in [5.74, 6) is 0. The molecule has 0 aromatic carbocycles. The Morgan fingerprint density at radius 3 is 1.12 bits per heavy atom. The van der Waals surface area contributed by atoms with Crippen LogP contribution in [0.2, 0.25) is 43.8 Å². The molecule has 3 heteroatoms. The Balaban J connectivity index is 3.55. The van der Waals surface area contributed by atoms with Crippen LogP contribution in [0.5, 0.6) is 0 Å². The van der Waals surface area contributed by atoms with Crippen molar-refractivity contribution in [2.75, 3.05) is 0 Å². The molecule has 0 fully saturated rings. The molecule has 96 valence electrons. The van der Waals surface area contributed by atoms with E-state index in [9.17, 15) is 0 Å². The molecule has 0 amide bonds. The molecule has 0 aliphatic carbocycles. The molecule has 0 saturated heterocycles. The fourth-order valence-corrected chi connectivity index (χ4v) is 22.3. The first-order chi connectivity index (χ1) is 7.45. The van der Waals surface area contributed by atoms with Crippen LogP contribution in [0.15, 0.2) is 11.1 Å². The Kier molecular flexibility index (Phi) is 4.02. The van der Waals surface area contributed by atoms with Gasteiger partial charge < -0.3 is 0 Å². The summed E-state index contributed by atoms with van der Waals surface area (Å²) in [4.78, 5) is 5.38. The van der Waals surface area contributed by atoms with E-state index in [1.807, 2.05) is 0 Å². The number of allylic oxidation sites excluding steroid dienone is 2. The van der Waals surface area contributed by atoms with E-state index in [-0.39, 0.29) is 0 Å². The Morgan fingerprint density at radius 2 is 1.00 bits per heavy atom. The van der Waals surface area contributed by atoms with Crippen LogP contribution in [0.25, 0.3) is 0 Å². The van der Waals surface area contributed by atoms with Gasteiger partial charge in [-0.25, -0.2) is 0 Å². The van der Waals surface area contributed by atoms with Gasteiger partial charge in [0.05, 0.1) is 0 Å². The molecule has 0 bridgehead atoms. The molecule has 1 rings (SSSR count). The summed E-state index contributed by atoms with van der Waals surface area (Å²) < 4.78 is 1.05. The maximum absolute atomic E-state index is 2.69. The van der Waals surface area contributed by atoms with E-state index in [4.69, 9.17) is 0 Å². The van der Waals surface area contributed by atoms with E-state index in [1.54, 1.807) is 11.1 Å². The molecule has 0 aromatic heterocycles. The average molecular weight is 339 g/mol. The van der Waals surface area contributed by atoms with Crippen molar-refractivity contribution in [2.24, 2.45) is 0 Å². The van der Waals surface area contributed by atoms with Crippen molar-refractivity contribution in [2.45, 2.75) is 71.5 Å². The second kappa shape index (κ2) is 4.35. The third kappa shape index (κ3) is 1.65. The van der Waals surface area contributed by atoms with Crippen molar-refractivity contribution in [3.63, 3.8) is 0 Å². The molecular weight excluding hydrogens is 308 g/mol.